The third-order valence-corrected chi connectivity index (χ3v) is 4.38. The number of hydrogen-bond donors (Lipinski definition) is 2. The number of benzene rings is 3. The van der Waals surface area contributed by atoms with Crippen molar-refractivity contribution in [2.24, 2.45) is 5.73 Å². The van der Waals surface area contributed by atoms with E-state index in [0.717, 1.165) is 16.9 Å². The van der Waals surface area contributed by atoms with E-state index in [1.165, 1.54) is 0 Å². The van der Waals surface area contributed by atoms with E-state index in [9.17, 15) is 9.59 Å². The highest BCUT2D eigenvalue weighted by molar-refractivity contribution is 6.04. The van der Waals surface area contributed by atoms with Crippen molar-refractivity contribution in [2.45, 2.75) is 6.61 Å². The van der Waals surface area contributed by atoms with Crippen molar-refractivity contribution >= 4 is 23.2 Å². The average Bonchev–Trinajstić information content (AvgIpc) is 2.73. The lowest BCUT2D eigenvalue weighted by molar-refractivity contribution is 0.0994. The quantitative estimate of drug-likeness (QED) is 0.646. The molecule has 3 aromatic carbocycles. The van der Waals surface area contributed by atoms with E-state index in [1.807, 2.05) is 49.3 Å². The lowest BCUT2D eigenvalue weighted by Crippen LogP contribution is -2.14. The SMILES string of the molecule is CN(C)c1ccc(NC(=O)c2cccc(COc3ccccc3C(N)=O)c2)cc1. The summed E-state index contributed by atoms with van der Waals surface area (Å²) in [6, 6.07) is 21.6. The fraction of sp³-hybridized carbons (Fsp3) is 0.130. The van der Waals surface area contributed by atoms with Crippen LogP contribution in [-0.2, 0) is 6.61 Å². The highest BCUT2D eigenvalue weighted by atomic mass is 16.5. The van der Waals surface area contributed by atoms with Crippen LogP contribution in [0.15, 0.2) is 72.8 Å². The van der Waals surface area contributed by atoms with Crippen molar-refractivity contribution < 1.29 is 14.3 Å². The minimum Gasteiger partial charge on any atom is -0.488 e. The molecule has 0 aliphatic rings. The molecule has 29 heavy (non-hydrogen) atoms. The molecule has 0 unspecified atom stereocenters. The number of anilines is 2. The Labute approximate surface area is 169 Å². The number of carbonyl (C=O) groups is 2. The maximum Gasteiger partial charge on any atom is 0.255 e. The Morgan fingerprint density at radius 2 is 1.69 bits per heavy atom. The molecule has 0 aliphatic carbocycles. The molecule has 2 amide bonds. The van der Waals surface area contributed by atoms with Crippen LogP contribution in [0.4, 0.5) is 11.4 Å². The van der Waals surface area contributed by atoms with Gasteiger partial charge in [0.15, 0.2) is 0 Å². The van der Waals surface area contributed by atoms with E-state index >= 15 is 0 Å². The highest BCUT2D eigenvalue weighted by Gasteiger charge is 2.10. The van der Waals surface area contributed by atoms with Crippen molar-refractivity contribution in [3.05, 3.63) is 89.5 Å². The van der Waals surface area contributed by atoms with Crippen molar-refractivity contribution in [1.29, 1.82) is 0 Å². The number of primary amides is 1. The van der Waals surface area contributed by atoms with Crippen LogP contribution in [0, 0.1) is 0 Å². The van der Waals surface area contributed by atoms with Crippen LogP contribution in [0.3, 0.4) is 0 Å². The number of rotatable bonds is 7. The van der Waals surface area contributed by atoms with Gasteiger partial charge in [0.05, 0.1) is 5.56 Å². The van der Waals surface area contributed by atoms with Crippen LogP contribution in [0.1, 0.15) is 26.3 Å². The molecular weight excluding hydrogens is 366 g/mol. The second kappa shape index (κ2) is 8.93. The molecule has 0 radical (unpaired) electrons. The Bertz CT molecular complexity index is 1010. The lowest BCUT2D eigenvalue weighted by Gasteiger charge is -2.13. The number of carbonyl (C=O) groups excluding carboxylic acids is 2. The number of amides is 2. The fourth-order valence-electron chi connectivity index (χ4n) is 2.81. The Morgan fingerprint density at radius 3 is 2.38 bits per heavy atom. The van der Waals surface area contributed by atoms with Crippen LogP contribution < -0.4 is 20.7 Å². The minimum absolute atomic E-state index is 0.206. The zero-order valence-electron chi connectivity index (χ0n) is 16.4. The molecular formula is C23H23N3O3. The zero-order valence-corrected chi connectivity index (χ0v) is 16.4. The molecule has 0 spiro atoms. The van der Waals surface area contributed by atoms with Crippen LogP contribution in [-0.4, -0.2) is 25.9 Å². The maximum atomic E-state index is 12.6. The van der Waals surface area contributed by atoms with Crippen LogP contribution in [0.2, 0.25) is 0 Å². The second-order valence-corrected chi connectivity index (χ2v) is 6.74. The Kier molecular flexibility index (Phi) is 6.14. The smallest absolute Gasteiger partial charge is 0.255 e. The molecule has 0 saturated heterocycles. The maximum absolute atomic E-state index is 12.6. The summed E-state index contributed by atoms with van der Waals surface area (Å²) >= 11 is 0. The largest absolute Gasteiger partial charge is 0.488 e. The van der Waals surface area contributed by atoms with Crippen molar-refractivity contribution in [1.82, 2.24) is 0 Å². The van der Waals surface area contributed by atoms with E-state index in [1.54, 1.807) is 42.5 Å². The summed E-state index contributed by atoms with van der Waals surface area (Å²) in [6.07, 6.45) is 0. The van der Waals surface area contributed by atoms with Gasteiger partial charge in [-0.1, -0.05) is 24.3 Å². The summed E-state index contributed by atoms with van der Waals surface area (Å²) < 4.78 is 5.74. The summed E-state index contributed by atoms with van der Waals surface area (Å²) in [5.74, 6) is -0.341. The summed E-state index contributed by atoms with van der Waals surface area (Å²) in [6.45, 7) is 0.211. The van der Waals surface area contributed by atoms with E-state index in [2.05, 4.69) is 5.32 Å². The molecule has 0 fully saturated rings. The number of nitrogens with zero attached hydrogens (tertiary/aromatic N) is 1. The number of ether oxygens (including phenoxy) is 1. The molecule has 0 atom stereocenters. The van der Waals surface area contributed by atoms with Gasteiger partial charge in [-0.05, 0) is 54.1 Å². The number of para-hydroxylation sites is 1. The topological polar surface area (TPSA) is 84.7 Å². The predicted octanol–water partition coefficient (Wildman–Crippen LogP) is 3.68. The van der Waals surface area contributed by atoms with Crippen molar-refractivity contribution in [3.8, 4) is 5.75 Å². The Hall–Kier alpha value is -3.80. The molecule has 0 heterocycles. The zero-order chi connectivity index (χ0) is 20.8. The third kappa shape index (κ3) is 5.13. The fourth-order valence-corrected chi connectivity index (χ4v) is 2.81. The molecule has 3 aromatic rings. The van der Waals surface area contributed by atoms with Crippen LogP contribution in [0.25, 0.3) is 0 Å². The van der Waals surface area contributed by atoms with E-state index < -0.39 is 5.91 Å². The first-order chi connectivity index (χ1) is 13.9. The van der Waals surface area contributed by atoms with E-state index in [0.29, 0.717) is 16.9 Å². The lowest BCUT2D eigenvalue weighted by atomic mass is 10.1. The van der Waals surface area contributed by atoms with Crippen molar-refractivity contribution in [2.75, 3.05) is 24.3 Å². The first-order valence-corrected chi connectivity index (χ1v) is 9.13. The molecule has 148 valence electrons. The van der Waals surface area contributed by atoms with Gasteiger partial charge < -0.3 is 20.7 Å². The van der Waals surface area contributed by atoms with Gasteiger partial charge in [0, 0.05) is 31.0 Å². The van der Waals surface area contributed by atoms with Gasteiger partial charge in [0.25, 0.3) is 11.8 Å². The molecule has 0 aromatic heterocycles. The van der Waals surface area contributed by atoms with Gasteiger partial charge in [0.1, 0.15) is 12.4 Å². The number of hydrogen-bond acceptors (Lipinski definition) is 4. The molecule has 6 heteroatoms. The van der Waals surface area contributed by atoms with Gasteiger partial charge in [-0.25, -0.2) is 0 Å². The first kappa shape index (κ1) is 19.9. The van der Waals surface area contributed by atoms with Crippen molar-refractivity contribution in [3.63, 3.8) is 0 Å². The van der Waals surface area contributed by atoms with Gasteiger partial charge in [-0.15, -0.1) is 0 Å². The predicted molar refractivity (Wildman–Crippen MR) is 114 cm³/mol. The normalized spacial score (nSPS) is 10.3. The number of nitrogens with two attached hydrogens (primary N) is 1. The van der Waals surface area contributed by atoms with E-state index in [4.69, 9.17) is 10.5 Å². The highest BCUT2D eigenvalue weighted by Crippen LogP contribution is 2.20. The molecule has 0 bridgehead atoms. The van der Waals surface area contributed by atoms with Crippen LogP contribution in [0.5, 0.6) is 5.75 Å². The number of nitrogens with one attached hydrogen (secondary N) is 1. The first-order valence-electron chi connectivity index (χ1n) is 9.13. The molecule has 0 aliphatic heterocycles. The molecule has 6 nitrogen and oxygen atoms in total. The second-order valence-electron chi connectivity index (χ2n) is 6.74. The summed E-state index contributed by atoms with van der Waals surface area (Å²) in [5, 5.41) is 2.89. The van der Waals surface area contributed by atoms with Crippen LogP contribution >= 0.6 is 0 Å². The van der Waals surface area contributed by atoms with Gasteiger partial charge in [0.2, 0.25) is 0 Å². The molecule has 0 saturated carbocycles. The van der Waals surface area contributed by atoms with Gasteiger partial charge in [-0.3, -0.25) is 9.59 Å². The summed E-state index contributed by atoms with van der Waals surface area (Å²) in [5.41, 5.74) is 8.79. The standard InChI is InChI=1S/C23H23N3O3/c1-26(2)19-12-10-18(11-13-19)25-23(28)17-7-5-6-16(14-17)15-29-21-9-4-3-8-20(21)22(24)27/h3-14H,15H2,1-2H3,(H2,24,27)(H,25,28). The third-order valence-electron chi connectivity index (χ3n) is 4.38. The minimum atomic E-state index is -0.547. The molecule has 3 rings (SSSR count). The molecule has 3 N–H and O–H groups in total. The van der Waals surface area contributed by atoms with E-state index in [-0.39, 0.29) is 12.5 Å². The summed E-state index contributed by atoms with van der Waals surface area (Å²) in [7, 11) is 3.92. The Balaban J connectivity index is 1.67. The van der Waals surface area contributed by atoms with Gasteiger partial charge >= 0.3 is 0 Å². The average molecular weight is 389 g/mol. The van der Waals surface area contributed by atoms with Gasteiger partial charge in [-0.2, -0.15) is 0 Å². The Morgan fingerprint density at radius 1 is 0.966 bits per heavy atom. The summed E-state index contributed by atoms with van der Waals surface area (Å²) in [4.78, 5) is 26.1. The monoisotopic (exact) mass is 389 g/mol.